The number of hydrogen-bond donors (Lipinski definition) is 0. The second-order valence-corrected chi connectivity index (χ2v) is 10.8. The van der Waals surface area contributed by atoms with Crippen LogP contribution in [0.1, 0.15) is 48.0 Å². The first-order valence-corrected chi connectivity index (χ1v) is 12.6. The summed E-state index contributed by atoms with van der Waals surface area (Å²) >= 11 is 1.14. The van der Waals surface area contributed by atoms with Crippen molar-refractivity contribution in [2.24, 2.45) is 0 Å². The van der Waals surface area contributed by atoms with Crippen LogP contribution in [0.5, 0.6) is 0 Å². The zero-order chi connectivity index (χ0) is 21.4. The summed E-state index contributed by atoms with van der Waals surface area (Å²) in [4.78, 5) is 18.5. The van der Waals surface area contributed by atoms with E-state index < -0.39 is 10.0 Å². The van der Waals surface area contributed by atoms with E-state index in [1.165, 1.54) is 23.4 Å². The molecule has 2 fully saturated rings. The molecule has 0 bridgehead atoms. The third-order valence-corrected chi connectivity index (χ3v) is 9.15. The summed E-state index contributed by atoms with van der Waals surface area (Å²) in [6, 6.07) is 4.86. The Morgan fingerprint density at radius 2 is 1.94 bits per heavy atom. The summed E-state index contributed by atoms with van der Waals surface area (Å²) in [7, 11) is -3.66. The lowest BCUT2D eigenvalue weighted by Crippen LogP contribution is -2.50. The minimum Gasteiger partial charge on any atom is -0.459 e. The Hall–Kier alpha value is -2.50. The topological polar surface area (TPSA) is 110 Å². The van der Waals surface area contributed by atoms with Crippen molar-refractivity contribution in [2.45, 2.75) is 35.8 Å². The number of thiophene rings is 1. The maximum Gasteiger partial charge on any atom is 0.289 e. The van der Waals surface area contributed by atoms with Crippen molar-refractivity contribution in [3.05, 3.63) is 41.5 Å². The van der Waals surface area contributed by atoms with E-state index in [1.807, 2.05) is 0 Å². The lowest BCUT2D eigenvalue weighted by atomic mass is 10.1. The highest BCUT2D eigenvalue weighted by molar-refractivity contribution is 7.91. The van der Waals surface area contributed by atoms with Crippen LogP contribution in [0.3, 0.4) is 0 Å². The first-order valence-electron chi connectivity index (χ1n) is 10.3. The summed E-state index contributed by atoms with van der Waals surface area (Å²) in [5.74, 6) is 1.41. The van der Waals surface area contributed by atoms with Crippen molar-refractivity contribution in [1.29, 1.82) is 0 Å². The van der Waals surface area contributed by atoms with Crippen LogP contribution in [-0.2, 0) is 10.0 Å². The predicted octanol–water partition coefficient (Wildman–Crippen LogP) is 3.20. The van der Waals surface area contributed by atoms with Crippen LogP contribution in [0.25, 0.3) is 11.4 Å². The lowest BCUT2D eigenvalue weighted by Gasteiger charge is -2.33. The summed E-state index contributed by atoms with van der Waals surface area (Å²) in [5, 5.41) is 5.79. The Morgan fingerprint density at radius 3 is 2.65 bits per heavy atom. The quantitative estimate of drug-likeness (QED) is 0.573. The minimum absolute atomic E-state index is 0.226. The Kier molecular flexibility index (Phi) is 5.40. The van der Waals surface area contributed by atoms with Crippen LogP contribution in [-0.4, -0.2) is 59.8 Å². The van der Waals surface area contributed by atoms with Crippen molar-refractivity contribution < 1.29 is 22.2 Å². The minimum atomic E-state index is -3.66. The first kappa shape index (κ1) is 20.4. The van der Waals surface area contributed by atoms with Crippen molar-refractivity contribution in [1.82, 2.24) is 19.3 Å². The molecule has 1 saturated heterocycles. The number of nitrogens with zero attached hydrogens (tertiary/aromatic N) is 4. The molecule has 3 aromatic heterocycles. The third-order valence-electron chi connectivity index (χ3n) is 5.83. The lowest BCUT2D eigenvalue weighted by molar-refractivity contribution is 0.0666. The van der Waals surface area contributed by atoms with Gasteiger partial charge in [-0.3, -0.25) is 4.79 Å². The zero-order valence-electron chi connectivity index (χ0n) is 16.8. The molecule has 9 nitrogen and oxygen atoms in total. The largest absolute Gasteiger partial charge is 0.459 e. The van der Waals surface area contributed by atoms with E-state index in [2.05, 4.69) is 10.1 Å². The Labute approximate surface area is 183 Å². The molecule has 164 valence electrons. The SMILES string of the molecule is O=C(c1ccco1)N1CCN(S(=O)(=O)c2cc(-c3noc(C4CCCC4)n3)cs2)CC1. The number of aromatic nitrogens is 2. The van der Waals surface area contributed by atoms with Crippen molar-refractivity contribution in [2.75, 3.05) is 26.2 Å². The van der Waals surface area contributed by atoms with Crippen LogP contribution in [0.4, 0.5) is 0 Å². The molecular weight excluding hydrogens is 440 g/mol. The van der Waals surface area contributed by atoms with Gasteiger partial charge in [0.05, 0.1) is 6.26 Å². The monoisotopic (exact) mass is 462 g/mol. The normalized spacial score (nSPS) is 18.6. The molecule has 1 amide bonds. The zero-order valence-corrected chi connectivity index (χ0v) is 18.4. The average molecular weight is 463 g/mol. The van der Waals surface area contributed by atoms with Crippen molar-refractivity contribution >= 4 is 27.3 Å². The third kappa shape index (κ3) is 3.92. The Balaban J connectivity index is 1.26. The fourth-order valence-electron chi connectivity index (χ4n) is 4.08. The number of carbonyl (C=O) groups excluding carboxylic acids is 1. The number of amides is 1. The predicted molar refractivity (Wildman–Crippen MR) is 112 cm³/mol. The summed E-state index contributed by atoms with van der Waals surface area (Å²) in [6.07, 6.45) is 5.90. The number of furan rings is 1. The van der Waals surface area contributed by atoms with Gasteiger partial charge in [-0.15, -0.1) is 11.3 Å². The number of piperazine rings is 1. The van der Waals surface area contributed by atoms with E-state index in [9.17, 15) is 13.2 Å². The van der Waals surface area contributed by atoms with Crippen LogP contribution in [0.15, 0.2) is 43.0 Å². The molecule has 0 aromatic carbocycles. The van der Waals surface area contributed by atoms with E-state index in [0.29, 0.717) is 36.3 Å². The van der Waals surface area contributed by atoms with Gasteiger partial charge in [0, 0.05) is 43.0 Å². The van der Waals surface area contributed by atoms with E-state index in [4.69, 9.17) is 8.94 Å². The molecule has 11 heteroatoms. The van der Waals surface area contributed by atoms with E-state index >= 15 is 0 Å². The first-order chi connectivity index (χ1) is 15.0. The Morgan fingerprint density at radius 1 is 1.16 bits per heavy atom. The fourth-order valence-corrected chi connectivity index (χ4v) is 6.81. The van der Waals surface area contributed by atoms with Gasteiger partial charge in [0.2, 0.25) is 11.7 Å². The molecular formula is C20H22N4O5S2. The highest BCUT2D eigenvalue weighted by Crippen LogP contribution is 2.35. The van der Waals surface area contributed by atoms with Gasteiger partial charge in [-0.25, -0.2) is 8.42 Å². The van der Waals surface area contributed by atoms with Crippen LogP contribution >= 0.6 is 11.3 Å². The molecule has 0 radical (unpaired) electrons. The van der Waals surface area contributed by atoms with Gasteiger partial charge in [-0.05, 0) is 31.0 Å². The van der Waals surface area contributed by atoms with E-state index in [1.54, 1.807) is 28.5 Å². The van der Waals surface area contributed by atoms with Gasteiger partial charge in [0.15, 0.2) is 5.76 Å². The van der Waals surface area contributed by atoms with Gasteiger partial charge in [-0.1, -0.05) is 18.0 Å². The summed E-state index contributed by atoms with van der Waals surface area (Å²) in [5.41, 5.74) is 0.642. The van der Waals surface area contributed by atoms with E-state index in [0.717, 1.165) is 24.2 Å². The Bertz CT molecular complexity index is 1150. The maximum absolute atomic E-state index is 13.1. The summed E-state index contributed by atoms with van der Waals surface area (Å²) < 4.78 is 38.4. The molecule has 3 aromatic rings. The van der Waals surface area contributed by atoms with Gasteiger partial charge in [0.25, 0.3) is 15.9 Å². The maximum atomic E-state index is 13.1. The number of rotatable bonds is 5. The standard InChI is InChI=1S/C20H22N4O5S2/c25-20(16-6-3-11-28-16)23-7-9-24(10-8-23)31(26,27)17-12-15(13-30-17)18-21-19(29-22-18)14-4-1-2-5-14/h3,6,11-14H,1-2,4-5,7-10H2. The summed E-state index contributed by atoms with van der Waals surface area (Å²) in [6.45, 7) is 1.09. The molecule has 5 rings (SSSR count). The van der Waals surface area contributed by atoms with Crippen LogP contribution in [0.2, 0.25) is 0 Å². The number of carbonyl (C=O) groups is 1. The van der Waals surface area contributed by atoms with Gasteiger partial charge in [0.1, 0.15) is 4.21 Å². The molecule has 2 aliphatic rings. The second-order valence-electron chi connectivity index (χ2n) is 7.77. The highest BCUT2D eigenvalue weighted by Gasteiger charge is 2.32. The highest BCUT2D eigenvalue weighted by atomic mass is 32.2. The molecule has 0 N–H and O–H groups in total. The molecule has 1 aliphatic carbocycles. The van der Waals surface area contributed by atoms with E-state index in [-0.39, 0.29) is 29.0 Å². The molecule has 4 heterocycles. The molecule has 0 unspecified atom stereocenters. The number of sulfonamides is 1. The average Bonchev–Trinajstić information content (AvgIpc) is 3.59. The van der Waals surface area contributed by atoms with Crippen LogP contribution in [0, 0.1) is 0 Å². The van der Waals surface area contributed by atoms with Gasteiger partial charge >= 0.3 is 0 Å². The second kappa shape index (κ2) is 8.21. The molecule has 1 saturated carbocycles. The van der Waals surface area contributed by atoms with Gasteiger partial charge < -0.3 is 13.8 Å². The fraction of sp³-hybridized carbons (Fsp3) is 0.450. The molecule has 0 atom stereocenters. The van der Waals surface area contributed by atoms with Gasteiger partial charge in [-0.2, -0.15) is 9.29 Å². The molecule has 31 heavy (non-hydrogen) atoms. The number of hydrogen-bond acceptors (Lipinski definition) is 8. The van der Waals surface area contributed by atoms with Crippen molar-refractivity contribution in [3.8, 4) is 11.4 Å². The van der Waals surface area contributed by atoms with Crippen molar-refractivity contribution in [3.63, 3.8) is 0 Å². The molecule has 1 aliphatic heterocycles. The molecule has 0 spiro atoms. The smallest absolute Gasteiger partial charge is 0.289 e. The van der Waals surface area contributed by atoms with Crippen LogP contribution < -0.4 is 0 Å².